The first-order chi connectivity index (χ1) is 3.89. The molecular formula is C4H8O4. The molecule has 0 N–H and O–H groups in total. The molecule has 0 aromatic rings. The summed E-state index contributed by atoms with van der Waals surface area (Å²) in [5.74, 6) is 0. The van der Waals surface area contributed by atoms with Gasteiger partial charge in [-0.25, -0.2) is 19.6 Å². The van der Waals surface area contributed by atoms with E-state index in [9.17, 15) is 0 Å². The fourth-order valence-electron chi connectivity index (χ4n) is 0.369. The summed E-state index contributed by atoms with van der Waals surface area (Å²) in [6, 6.07) is 0. The van der Waals surface area contributed by atoms with E-state index in [0.29, 0.717) is 6.61 Å². The van der Waals surface area contributed by atoms with Crippen LogP contribution in [-0.4, -0.2) is 19.5 Å². The second-order valence-corrected chi connectivity index (χ2v) is 1.54. The Labute approximate surface area is 47.1 Å². The predicted octanol–water partition coefficient (Wildman–Crippen LogP) is 0.242. The van der Waals surface area contributed by atoms with Crippen molar-refractivity contribution in [2.45, 2.75) is 13.0 Å². The van der Waals surface area contributed by atoms with Crippen LogP contribution in [0.3, 0.4) is 0 Å². The zero-order valence-corrected chi connectivity index (χ0v) is 4.62. The van der Waals surface area contributed by atoms with Crippen molar-refractivity contribution in [2.75, 3.05) is 13.4 Å². The molecule has 1 aliphatic heterocycles. The lowest BCUT2D eigenvalue weighted by Crippen LogP contribution is -2.10. The monoisotopic (exact) mass is 120 g/mol. The third kappa shape index (κ3) is 1.75. The van der Waals surface area contributed by atoms with Gasteiger partial charge in [0.25, 0.3) is 0 Å². The normalized spacial score (nSPS) is 31.9. The Morgan fingerprint density at radius 3 is 3.00 bits per heavy atom. The highest BCUT2D eigenvalue weighted by Gasteiger charge is 2.07. The van der Waals surface area contributed by atoms with Crippen molar-refractivity contribution in [1.82, 2.24) is 0 Å². The topological polar surface area (TPSA) is 36.9 Å². The molecule has 1 fully saturated rings. The first-order valence-electron chi connectivity index (χ1n) is 2.42. The quantitative estimate of drug-likeness (QED) is 0.429. The minimum atomic E-state index is -0.0440. The van der Waals surface area contributed by atoms with Crippen LogP contribution in [0.15, 0.2) is 0 Å². The van der Waals surface area contributed by atoms with Crippen molar-refractivity contribution in [3.8, 4) is 0 Å². The fraction of sp³-hybridized carbons (Fsp3) is 1.00. The maximum atomic E-state index is 4.65. The van der Waals surface area contributed by atoms with Crippen LogP contribution < -0.4 is 0 Å². The van der Waals surface area contributed by atoms with Gasteiger partial charge in [0.05, 0.1) is 0 Å². The van der Waals surface area contributed by atoms with E-state index < -0.39 is 0 Å². The predicted molar refractivity (Wildman–Crippen MR) is 23.5 cm³/mol. The van der Waals surface area contributed by atoms with Crippen LogP contribution >= 0.6 is 0 Å². The van der Waals surface area contributed by atoms with Crippen LogP contribution in [0, 0.1) is 0 Å². The van der Waals surface area contributed by atoms with Gasteiger partial charge in [-0.3, -0.25) is 0 Å². The van der Waals surface area contributed by atoms with E-state index in [2.05, 4.69) is 19.6 Å². The summed E-state index contributed by atoms with van der Waals surface area (Å²) in [4.78, 5) is 18.1. The van der Waals surface area contributed by atoms with Gasteiger partial charge in [0.1, 0.15) is 12.7 Å². The van der Waals surface area contributed by atoms with Crippen LogP contribution in [0.2, 0.25) is 0 Å². The maximum absolute atomic E-state index is 4.65. The SMILES string of the molecule is CC1COOCOO1. The first-order valence-corrected chi connectivity index (χ1v) is 2.42. The number of hydrogen-bond acceptors (Lipinski definition) is 4. The summed E-state index contributed by atoms with van der Waals surface area (Å²) < 4.78 is 0. The second-order valence-electron chi connectivity index (χ2n) is 1.54. The minimum absolute atomic E-state index is 0.0440. The van der Waals surface area contributed by atoms with Crippen LogP contribution in [0.5, 0.6) is 0 Å². The van der Waals surface area contributed by atoms with Gasteiger partial charge in [0, 0.05) is 0 Å². The van der Waals surface area contributed by atoms with Crippen molar-refractivity contribution in [2.24, 2.45) is 0 Å². The third-order valence-electron chi connectivity index (χ3n) is 0.715. The Kier molecular flexibility index (Phi) is 2.23. The summed E-state index contributed by atoms with van der Waals surface area (Å²) in [6.45, 7) is 2.29. The highest BCUT2D eigenvalue weighted by molar-refractivity contribution is 4.39. The molecule has 1 aliphatic rings. The average Bonchev–Trinajstić information content (AvgIpc) is 1.94. The molecule has 0 saturated carbocycles. The van der Waals surface area contributed by atoms with Crippen molar-refractivity contribution in [3.05, 3.63) is 0 Å². The highest BCUT2D eigenvalue weighted by Crippen LogP contribution is 1.98. The number of rotatable bonds is 0. The van der Waals surface area contributed by atoms with E-state index in [1.54, 1.807) is 0 Å². The molecule has 0 aromatic heterocycles. The molecule has 1 saturated heterocycles. The maximum Gasteiger partial charge on any atom is 0.214 e. The third-order valence-corrected chi connectivity index (χ3v) is 0.715. The average molecular weight is 120 g/mol. The van der Waals surface area contributed by atoms with Gasteiger partial charge < -0.3 is 0 Å². The van der Waals surface area contributed by atoms with Crippen molar-refractivity contribution < 1.29 is 19.6 Å². The first kappa shape index (κ1) is 5.97. The van der Waals surface area contributed by atoms with E-state index in [1.165, 1.54) is 0 Å². The lowest BCUT2D eigenvalue weighted by Gasteiger charge is -2.00. The molecule has 1 unspecified atom stereocenters. The second kappa shape index (κ2) is 2.99. The van der Waals surface area contributed by atoms with Gasteiger partial charge >= 0.3 is 0 Å². The van der Waals surface area contributed by atoms with Crippen LogP contribution in [0.25, 0.3) is 0 Å². The van der Waals surface area contributed by atoms with Gasteiger partial charge in [-0.1, -0.05) is 0 Å². The minimum Gasteiger partial charge on any atom is -0.231 e. The Hall–Kier alpha value is -0.160. The van der Waals surface area contributed by atoms with Gasteiger partial charge in [-0.05, 0) is 6.92 Å². The lowest BCUT2D eigenvalue weighted by molar-refractivity contribution is -0.380. The summed E-state index contributed by atoms with van der Waals surface area (Å²) in [6.07, 6.45) is -0.0440. The van der Waals surface area contributed by atoms with Crippen LogP contribution in [0.4, 0.5) is 0 Å². The van der Waals surface area contributed by atoms with E-state index in [0.717, 1.165) is 0 Å². The standard InChI is InChI=1S/C4H8O4/c1-4-2-5-6-3-7-8-4/h4H,2-3H2,1H3. The van der Waals surface area contributed by atoms with Gasteiger partial charge in [-0.15, -0.1) is 0 Å². The van der Waals surface area contributed by atoms with E-state index in [4.69, 9.17) is 0 Å². The number of hydrogen-bond donors (Lipinski definition) is 0. The molecule has 0 aromatic carbocycles. The van der Waals surface area contributed by atoms with Crippen molar-refractivity contribution in [3.63, 3.8) is 0 Å². The molecule has 1 atom stereocenters. The summed E-state index contributed by atoms with van der Waals surface area (Å²) in [7, 11) is 0. The molecule has 8 heavy (non-hydrogen) atoms. The molecule has 4 nitrogen and oxygen atoms in total. The fourth-order valence-corrected chi connectivity index (χ4v) is 0.369. The Balaban J connectivity index is 2.17. The lowest BCUT2D eigenvalue weighted by atomic mass is 10.5. The van der Waals surface area contributed by atoms with Gasteiger partial charge in [-0.2, -0.15) is 0 Å². The molecular weight excluding hydrogens is 112 g/mol. The Morgan fingerprint density at radius 1 is 1.25 bits per heavy atom. The molecule has 0 aliphatic carbocycles. The molecule has 48 valence electrons. The Morgan fingerprint density at radius 2 is 2.12 bits per heavy atom. The summed E-state index contributed by atoms with van der Waals surface area (Å²) in [5, 5.41) is 0. The summed E-state index contributed by atoms with van der Waals surface area (Å²) in [5.41, 5.74) is 0. The van der Waals surface area contributed by atoms with Gasteiger partial charge in [0.2, 0.25) is 6.79 Å². The zero-order valence-electron chi connectivity index (χ0n) is 4.62. The van der Waals surface area contributed by atoms with Crippen LogP contribution in [0.1, 0.15) is 6.92 Å². The van der Waals surface area contributed by atoms with E-state index in [1.807, 2.05) is 6.92 Å². The van der Waals surface area contributed by atoms with Gasteiger partial charge in [0.15, 0.2) is 0 Å². The molecule has 0 radical (unpaired) electrons. The largest absolute Gasteiger partial charge is 0.231 e. The van der Waals surface area contributed by atoms with Crippen LogP contribution in [-0.2, 0) is 19.6 Å². The van der Waals surface area contributed by atoms with Crippen molar-refractivity contribution >= 4 is 0 Å². The molecule has 1 rings (SSSR count). The highest BCUT2D eigenvalue weighted by atomic mass is 17.3. The molecule has 0 spiro atoms. The van der Waals surface area contributed by atoms with Crippen molar-refractivity contribution in [1.29, 1.82) is 0 Å². The smallest absolute Gasteiger partial charge is 0.214 e. The summed E-state index contributed by atoms with van der Waals surface area (Å²) >= 11 is 0. The van der Waals surface area contributed by atoms with E-state index >= 15 is 0 Å². The molecule has 0 bridgehead atoms. The van der Waals surface area contributed by atoms with E-state index in [-0.39, 0.29) is 12.9 Å². The molecule has 1 heterocycles. The zero-order chi connectivity index (χ0) is 5.82. The molecule has 4 heteroatoms. The molecule has 0 amide bonds. The Bertz CT molecular complexity index is 57.1.